The molecule has 3 aliphatic carbocycles. The quantitative estimate of drug-likeness (QED) is 0.126. The normalized spacial score (nSPS) is 23.0. The van der Waals surface area contributed by atoms with Crippen molar-refractivity contribution in [2.24, 2.45) is 23.7 Å². The zero-order valence-corrected chi connectivity index (χ0v) is 23.7. The van der Waals surface area contributed by atoms with Gasteiger partial charge in [-0.25, -0.2) is 0 Å². The van der Waals surface area contributed by atoms with Gasteiger partial charge in [-0.15, -0.1) is 0 Å². The molecule has 0 aromatic carbocycles. The monoisotopic (exact) mass is 541 g/mol. The number of ether oxygens (including phenoxy) is 2. The highest BCUT2D eigenvalue weighted by atomic mass is 35.5. The fourth-order valence-electron chi connectivity index (χ4n) is 5.12. The van der Waals surface area contributed by atoms with Crippen LogP contribution in [0, 0.1) is 23.7 Å². The highest BCUT2D eigenvalue weighted by Gasteiger charge is 2.26. The second-order valence-corrected chi connectivity index (χ2v) is 10.6. The summed E-state index contributed by atoms with van der Waals surface area (Å²) < 4.78 is 11.8. The van der Waals surface area contributed by atoms with Gasteiger partial charge in [0, 0.05) is 42.3 Å². The van der Waals surface area contributed by atoms with Crippen LogP contribution in [0.15, 0.2) is 94.5 Å². The summed E-state index contributed by atoms with van der Waals surface area (Å²) in [6.45, 7) is 6.20. The van der Waals surface area contributed by atoms with Crippen LogP contribution < -0.4 is 5.32 Å². The molecule has 0 bridgehead atoms. The Kier molecular flexibility index (Phi) is 12.7. The fourth-order valence-corrected chi connectivity index (χ4v) is 5.28. The largest absolute Gasteiger partial charge is 0.497 e. The minimum Gasteiger partial charge on any atom is -0.497 e. The Morgan fingerprint density at radius 3 is 2.50 bits per heavy atom. The first-order valence-corrected chi connectivity index (χ1v) is 14.2. The zero-order chi connectivity index (χ0) is 27.3. The van der Waals surface area contributed by atoms with Gasteiger partial charge in [0.1, 0.15) is 11.5 Å². The van der Waals surface area contributed by atoms with E-state index in [4.69, 9.17) is 31.3 Å². The summed E-state index contributed by atoms with van der Waals surface area (Å²) in [5, 5.41) is 22.2. The average Bonchev–Trinajstić information content (AvgIpc) is 2.93. The van der Waals surface area contributed by atoms with E-state index in [0.29, 0.717) is 49.8 Å². The second kappa shape index (κ2) is 15.9. The molecule has 0 aliphatic heterocycles. The highest BCUT2D eigenvalue weighted by Crippen LogP contribution is 2.36. The summed E-state index contributed by atoms with van der Waals surface area (Å²) in [5.41, 5.74) is 2.60. The summed E-state index contributed by atoms with van der Waals surface area (Å²) in [7, 11) is 1.71. The van der Waals surface area contributed by atoms with Crippen molar-refractivity contribution < 1.29 is 19.7 Å². The third-order valence-electron chi connectivity index (χ3n) is 7.54. The van der Waals surface area contributed by atoms with Gasteiger partial charge in [0.2, 0.25) is 0 Å². The molecule has 0 amide bonds. The smallest absolute Gasteiger partial charge is 0.152 e. The summed E-state index contributed by atoms with van der Waals surface area (Å²) >= 11 is 6.28. The Bertz CT molecular complexity index is 1010. The minimum atomic E-state index is -1.27. The second-order valence-electron chi connectivity index (χ2n) is 10.1. The predicted molar refractivity (Wildman–Crippen MR) is 156 cm³/mol. The molecule has 38 heavy (non-hydrogen) atoms. The zero-order valence-electron chi connectivity index (χ0n) is 23.0. The van der Waals surface area contributed by atoms with Crippen molar-refractivity contribution in [3.63, 3.8) is 0 Å². The van der Waals surface area contributed by atoms with E-state index in [-0.39, 0.29) is 0 Å². The lowest BCUT2D eigenvalue weighted by Gasteiger charge is -2.31. The third kappa shape index (κ3) is 9.46. The van der Waals surface area contributed by atoms with Crippen LogP contribution >= 0.6 is 11.6 Å². The lowest BCUT2D eigenvalue weighted by molar-refractivity contribution is -0.0442. The van der Waals surface area contributed by atoms with Crippen molar-refractivity contribution in [1.29, 1.82) is 0 Å². The number of halogens is 1. The van der Waals surface area contributed by atoms with Gasteiger partial charge in [-0.2, -0.15) is 0 Å². The van der Waals surface area contributed by atoms with Crippen LogP contribution in [0.2, 0.25) is 0 Å². The Balaban J connectivity index is 1.64. The molecule has 208 valence electrons. The predicted octanol–water partition coefficient (Wildman–Crippen LogP) is 6.46. The molecule has 5 nitrogen and oxygen atoms in total. The number of hydrogen-bond acceptors (Lipinski definition) is 5. The van der Waals surface area contributed by atoms with Crippen molar-refractivity contribution in [1.82, 2.24) is 5.32 Å². The maximum absolute atomic E-state index is 9.02. The Morgan fingerprint density at radius 1 is 1.13 bits per heavy atom. The molecule has 3 rings (SSSR count). The molecule has 0 heterocycles. The number of allylic oxidation sites excluding steroid dienone is 11. The Labute approximate surface area is 233 Å². The lowest BCUT2D eigenvalue weighted by Crippen LogP contribution is -2.23. The van der Waals surface area contributed by atoms with Gasteiger partial charge in [-0.05, 0) is 68.1 Å². The van der Waals surface area contributed by atoms with Crippen molar-refractivity contribution >= 4 is 11.6 Å². The Morgan fingerprint density at radius 2 is 1.87 bits per heavy atom. The van der Waals surface area contributed by atoms with E-state index in [1.165, 1.54) is 11.1 Å². The molecular weight excluding hydrogens is 498 g/mol. The number of hydrogen-bond donors (Lipinski definition) is 3. The van der Waals surface area contributed by atoms with Gasteiger partial charge in [-0.3, -0.25) is 0 Å². The topological polar surface area (TPSA) is 71.0 Å². The van der Waals surface area contributed by atoms with E-state index < -0.39 is 6.29 Å². The van der Waals surface area contributed by atoms with Crippen molar-refractivity contribution in [2.45, 2.75) is 52.2 Å². The molecule has 3 N–H and O–H groups in total. The Hall–Kier alpha value is -2.31. The van der Waals surface area contributed by atoms with E-state index in [0.717, 1.165) is 42.2 Å². The van der Waals surface area contributed by atoms with E-state index in [1.807, 2.05) is 19.1 Å². The van der Waals surface area contributed by atoms with Crippen LogP contribution in [0.5, 0.6) is 0 Å². The number of aliphatic hydroxyl groups excluding tert-OH is 1. The molecule has 0 fully saturated rings. The molecule has 4 unspecified atom stereocenters. The van der Waals surface area contributed by atoms with Gasteiger partial charge in [0.05, 0.1) is 13.7 Å². The lowest BCUT2D eigenvalue weighted by atomic mass is 9.79. The molecule has 0 saturated heterocycles. The standard InChI is InChI=1S/C32H44ClNO4/c1-4-23(21-34-18-17-32(35)36)7-6-8-24(5-2)31(25-9-13-28(33)14-10-25)22-38-30-16-12-26-19-29(37-3)15-11-27(26)20-30/h4,6-7,9,11-13,15-16,19-20,24,26-27,31-32,34-36H,5,8,10,14,17-18,21-22H2,1-3H3/b7-6-,23-4+. The van der Waals surface area contributed by atoms with Gasteiger partial charge >= 0.3 is 0 Å². The van der Waals surface area contributed by atoms with Crippen LogP contribution in [0.3, 0.4) is 0 Å². The molecule has 6 heteroatoms. The average molecular weight is 542 g/mol. The summed E-state index contributed by atoms with van der Waals surface area (Å²) in [6, 6.07) is 0. The van der Waals surface area contributed by atoms with E-state index in [9.17, 15) is 0 Å². The molecule has 3 aliphatic rings. The molecule has 0 aromatic rings. The number of methoxy groups -OCH3 is 1. The first kappa shape index (κ1) is 30.2. The van der Waals surface area contributed by atoms with Crippen LogP contribution in [0.25, 0.3) is 0 Å². The fraction of sp³-hybridized carbons (Fsp3) is 0.500. The maximum atomic E-state index is 9.02. The molecule has 0 aromatic heterocycles. The summed E-state index contributed by atoms with van der Waals surface area (Å²) in [5.74, 6) is 3.19. The first-order valence-electron chi connectivity index (χ1n) is 13.8. The molecular formula is C32H44ClNO4. The van der Waals surface area contributed by atoms with Gasteiger partial charge in [0.25, 0.3) is 0 Å². The molecule has 0 radical (unpaired) electrons. The van der Waals surface area contributed by atoms with Crippen LogP contribution in [-0.4, -0.2) is 43.3 Å². The van der Waals surface area contributed by atoms with Crippen LogP contribution in [0.4, 0.5) is 0 Å². The highest BCUT2D eigenvalue weighted by molar-refractivity contribution is 6.29. The van der Waals surface area contributed by atoms with Crippen LogP contribution in [-0.2, 0) is 9.47 Å². The molecule has 0 spiro atoms. The van der Waals surface area contributed by atoms with Gasteiger partial charge < -0.3 is 25.0 Å². The number of aliphatic hydroxyl groups is 2. The minimum absolute atomic E-state index is 0.293. The first-order chi connectivity index (χ1) is 18.4. The number of rotatable bonds is 15. The van der Waals surface area contributed by atoms with Gasteiger partial charge in [0.15, 0.2) is 6.29 Å². The summed E-state index contributed by atoms with van der Waals surface area (Å²) in [6.07, 6.45) is 26.6. The van der Waals surface area contributed by atoms with Crippen molar-refractivity contribution in [3.8, 4) is 0 Å². The van der Waals surface area contributed by atoms with E-state index in [1.54, 1.807) is 7.11 Å². The van der Waals surface area contributed by atoms with E-state index >= 15 is 0 Å². The third-order valence-corrected chi connectivity index (χ3v) is 7.85. The maximum Gasteiger partial charge on any atom is 0.152 e. The van der Waals surface area contributed by atoms with Crippen molar-refractivity contribution in [3.05, 3.63) is 94.5 Å². The molecule has 0 saturated carbocycles. The SMILES string of the molecule is C/C=C(\C=C/CC(CC)C(COC1=CC2C=CC(OC)=CC2C=C1)C1=CC=C(Cl)CC1)CNCCC(O)O. The van der Waals surface area contributed by atoms with Gasteiger partial charge in [-0.1, -0.05) is 67.0 Å². The number of fused-ring (bicyclic) bond motifs is 1. The van der Waals surface area contributed by atoms with E-state index in [2.05, 4.69) is 66.9 Å². The number of nitrogens with one attached hydrogen (secondary N) is 1. The summed E-state index contributed by atoms with van der Waals surface area (Å²) in [4.78, 5) is 0. The van der Waals surface area contributed by atoms with Crippen LogP contribution in [0.1, 0.15) is 46.0 Å². The van der Waals surface area contributed by atoms with Crippen molar-refractivity contribution in [2.75, 3.05) is 26.8 Å². The molecule has 4 atom stereocenters.